The molecular formula is C16H14FN7OS. The first-order chi connectivity index (χ1) is 12.7. The summed E-state index contributed by atoms with van der Waals surface area (Å²) in [6.07, 6.45) is 3.07. The first-order valence-corrected chi connectivity index (χ1v) is 9.00. The predicted octanol–water partition coefficient (Wildman–Crippen LogP) is 2.33. The average molecular weight is 371 g/mol. The molecule has 2 aliphatic rings. The lowest BCUT2D eigenvalue weighted by Gasteiger charge is -2.15. The fourth-order valence-corrected chi connectivity index (χ4v) is 3.79. The van der Waals surface area contributed by atoms with Gasteiger partial charge in [0.15, 0.2) is 11.6 Å². The average Bonchev–Trinajstić information content (AvgIpc) is 3.41. The van der Waals surface area contributed by atoms with Crippen molar-refractivity contribution in [3.63, 3.8) is 0 Å². The third-order valence-electron chi connectivity index (χ3n) is 4.54. The van der Waals surface area contributed by atoms with Crippen molar-refractivity contribution in [1.82, 2.24) is 24.1 Å². The van der Waals surface area contributed by atoms with Crippen LogP contribution in [-0.2, 0) is 6.54 Å². The summed E-state index contributed by atoms with van der Waals surface area (Å²) in [5.74, 6) is 1.79. The first-order valence-electron chi connectivity index (χ1n) is 8.23. The number of carbonyl (C=O) groups is 1. The van der Waals surface area contributed by atoms with Crippen LogP contribution in [0.25, 0.3) is 11.4 Å². The van der Waals surface area contributed by atoms with Gasteiger partial charge in [0.25, 0.3) is 0 Å². The van der Waals surface area contributed by atoms with Crippen LogP contribution >= 0.6 is 11.5 Å². The van der Waals surface area contributed by atoms with E-state index in [0.29, 0.717) is 37.7 Å². The number of amides is 1. The zero-order valence-corrected chi connectivity index (χ0v) is 14.4. The van der Waals surface area contributed by atoms with Crippen LogP contribution in [0.2, 0.25) is 0 Å². The van der Waals surface area contributed by atoms with Crippen LogP contribution in [0.4, 0.5) is 20.0 Å². The Hall–Kier alpha value is -2.88. The van der Waals surface area contributed by atoms with Gasteiger partial charge in [-0.25, -0.2) is 19.2 Å². The quantitative estimate of drug-likeness (QED) is 0.703. The summed E-state index contributed by atoms with van der Waals surface area (Å²) in [5, 5.41) is 5.10. The van der Waals surface area contributed by atoms with Gasteiger partial charge in [0.2, 0.25) is 0 Å². The Morgan fingerprint density at radius 3 is 2.85 bits per heavy atom. The number of hydrogen-bond donors (Lipinski definition) is 0. The van der Waals surface area contributed by atoms with Crippen molar-refractivity contribution in [2.24, 2.45) is 0 Å². The van der Waals surface area contributed by atoms with E-state index in [1.807, 2.05) is 17.0 Å². The molecule has 26 heavy (non-hydrogen) atoms. The van der Waals surface area contributed by atoms with Crippen molar-refractivity contribution in [3.8, 4) is 11.4 Å². The lowest BCUT2D eigenvalue weighted by molar-refractivity contribution is 0.248. The van der Waals surface area contributed by atoms with Crippen LogP contribution in [0.15, 0.2) is 30.6 Å². The van der Waals surface area contributed by atoms with Gasteiger partial charge >= 0.3 is 6.03 Å². The molecule has 0 radical (unpaired) electrons. The van der Waals surface area contributed by atoms with Crippen LogP contribution in [0.3, 0.4) is 0 Å². The van der Waals surface area contributed by atoms with Gasteiger partial charge in [0, 0.05) is 24.5 Å². The van der Waals surface area contributed by atoms with E-state index in [1.54, 1.807) is 23.4 Å². The highest BCUT2D eigenvalue weighted by Gasteiger charge is 2.32. The highest BCUT2D eigenvalue weighted by Crippen LogP contribution is 2.28. The molecule has 8 nitrogen and oxygen atoms in total. The maximum atomic E-state index is 13.3. The Kier molecular flexibility index (Phi) is 3.45. The van der Waals surface area contributed by atoms with Crippen LogP contribution in [-0.4, -0.2) is 49.4 Å². The number of anilines is 2. The van der Waals surface area contributed by atoms with Crippen molar-refractivity contribution in [2.75, 3.05) is 22.9 Å². The van der Waals surface area contributed by atoms with E-state index >= 15 is 0 Å². The van der Waals surface area contributed by atoms with Gasteiger partial charge in [-0.3, -0.25) is 4.90 Å². The Bertz CT molecular complexity index is 956. The third kappa shape index (κ3) is 2.45. The van der Waals surface area contributed by atoms with E-state index in [9.17, 15) is 9.18 Å². The zero-order chi connectivity index (χ0) is 17.7. The van der Waals surface area contributed by atoms with Crippen molar-refractivity contribution < 1.29 is 9.18 Å². The fourth-order valence-electron chi connectivity index (χ4n) is 3.20. The van der Waals surface area contributed by atoms with Crippen molar-refractivity contribution in [3.05, 3.63) is 36.4 Å². The summed E-state index contributed by atoms with van der Waals surface area (Å²) < 4.78 is 18.7. The van der Waals surface area contributed by atoms with Crippen molar-refractivity contribution >= 4 is 28.4 Å². The van der Waals surface area contributed by atoms with Crippen molar-refractivity contribution in [1.29, 1.82) is 0 Å². The summed E-state index contributed by atoms with van der Waals surface area (Å²) in [6, 6.07) is 5.24. The predicted molar refractivity (Wildman–Crippen MR) is 94.1 cm³/mol. The summed E-state index contributed by atoms with van der Waals surface area (Å²) in [5.41, 5.74) is 0.726. The zero-order valence-electron chi connectivity index (χ0n) is 13.6. The van der Waals surface area contributed by atoms with E-state index in [4.69, 9.17) is 0 Å². The van der Waals surface area contributed by atoms with Gasteiger partial charge in [-0.1, -0.05) is 0 Å². The fraction of sp³-hybridized carbons (Fsp3) is 0.312. The molecule has 0 saturated carbocycles. The van der Waals surface area contributed by atoms with E-state index in [0.717, 1.165) is 16.4 Å². The van der Waals surface area contributed by atoms with Gasteiger partial charge in [-0.2, -0.15) is 9.06 Å². The molecule has 132 valence electrons. The van der Waals surface area contributed by atoms with E-state index < -0.39 is 6.17 Å². The van der Waals surface area contributed by atoms with E-state index in [2.05, 4.69) is 19.4 Å². The monoisotopic (exact) mass is 371 g/mol. The van der Waals surface area contributed by atoms with Gasteiger partial charge in [-0.05, 0) is 36.2 Å². The minimum absolute atomic E-state index is 0.237. The number of nitrogens with zero attached hydrogens (tertiary/aromatic N) is 7. The molecule has 0 bridgehead atoms. The smallest absolute Gasteiger partial charge is 0.352 e. The minimum Gasteiger partial charge on any atom is -0.354 e. The molecule has 5 heterocycles. The molecule has 1 fully saturated rings. The second-order valence-corrected chi connectivity index (χ2v) is 7.03. The largest absolute Gasteiger partial charge is 0.354 e. The summed E-state index contributed by atoms with van der Waals surface area (Å²) >= 11 is 1.26. The van der Waals surface area contributed by atoms with Gasteiger partial charge < -0.3 is 4.90 Å². The number of aromatic nitrogens is 5. The summed E-state index contributed by atoms with van der Waals surface area (Å²) in [6.45, 7) is 1.42. The standard InChI is InChI=1S/C16H14FN7OS/c17-11-4-6-22(8-11)12-2-1-10(7-18-12)15-20-13-9-23(14-3-5-19-26-14)16(25)24(13)21-15/h1-3,5,7,11H,4,6,8-9H2. The Morgan fingerprint density at radius 1 is 1.27 bits per heavy atom. The molecule has 3 aromatic heterocycles. The molecule has 1 saturated heterocycles. The SMILES string of the molecule is O=C1N(c2ccns2)Cc2nc(-c3ccc(N4CCC(F)C4)nc3)nn21. The second-order valence-electron chi connectivity index (χ2n) is 6.22. The van der Waals surface area contributed by atoms with Crippen LogP contribution in [0.1, 0.15) is 12.2 Å². The Morgan fingerprint density at radius 2 is 2.19 bits per heavy atom. The molecule has 1 unspecified atom stereocenters. The molecule has 1 amide bonds. The highest BCUT2D eigenvalue weighted by atomic mass is 32.1. The minimum atomic E-state index is -0.790. The Labute approximate surface area is 152 Å². The molecule has 1 atom stereocenters. The summed E-state index contributed by atoms with van der Waals surface area (Å²) in [4.78, 5) is 24.9. The number of alkyl halides is 1. The molecule has 2 aliphatic heterocycles. The molecule has 10 heteroatoms. The number of pyridine rings is 1. The summed E-state index contributed by atoms with van der Waals surface area (Å²) in [7, 11) is 0. The lowest BCUT2D eigenvalue weighted by Crippen LogP contribution is -2.25. The van der Waals surface area contributed by atoms with Crippen molar-refractivity contribution in [2.45, 2.75) is 19.1 Å². The second kappa shape index (κ2) is 5.84. The van der Waals surface area contributed by atoms with Crippen LogP contribution in [0, 0.1) is 0 Å². The van der Waals surface area contributed by atoms with Crippen LogP contribution < -0.4 is 9.80 Å². The maximum Gasteiger partial charge on any atom is 0.352 e. The number of hydrogen-bond acceptors (Lipinski definition) is 7. The molecule has 0 N–H and O–H groups in total. The van der Waals surface area contributed by atoms with E-state index in [-0.39, 0.29) is 6.03 Å². The number of halogens is 1. The van der Waals surface area contributed by atoms with Crippen LogP contribution in [0.5, 0.6) is 0 Å². The first kappa shape index (κ1) is 15.4. The Balaban J connectivity index is 1.37. The van der Waals surface area contributed by atoms with Gasteiger partial charge in [0.05, 0.1) is 13.1 Å². The third-order valence-corrected chi connectivity index (χ3v) is 5.31. The molecule has 0 aliphatic carbocycles. The topological polar surface area (TPSA) is 80.0 Å². The molecule has 0 spiro atoms. The number of carbonyl (C=O) groups excluding carboxylic acids is 1. The number of fused-ring (bicyclic) bond motifs is 1. The van der Waals surface area contributed by atoms with Gasteiger partial charge in [-0.15, -0.1) is 5.10 Å². The molecular weight excluding hydrogens is 357 g/mol. The number of rotatable bonds is 3. The highest BCUT2D eigenvalue weighted by molar-refractivity contribution is 7.10. The molecule has 0 aromatic carbocycles. The molecule has 5 rings (SSSR count). The maximum absolute atomic E-state index is 13.3. The van der Waals surface area contributed by atoms with Gasteiger partial charge in [0.1, 0.15) is 17.0 Å². The lowest BCUT2D eigenvalue weighted by atomic mass is 10.2. The molecule has 3 aromatic rings. The normalized spacial score (nSPS) is 19.4. The van der Waals surface area contributed by atoms with E-state index in [1.165, 1.54) is 16.2 Å².